The second-order valence-corrected chi connectivity index (χ2v) is 6.99. The van der Waals surface area contributed by atoms with Crippen molar-refractivity contribution in [1.29, 1.82) is 0 Å². The van der Waals surface area contributed by atoms with Crippen LogP contribution < -0.4 is 11.1 Å². The van der Waals surface area contributed by atoms with E-state index < -0.39 is 5.54 Å². The molecular formula is C15H29Cl2N5O2. The lowest BCUT2D eigenvalue weighted by atomic mass is 9.85. The molecule has 1 fully saturated rings. The molecule has 1 aliphatic carbocycles. The van der Waals surface area contributed by atoms with Crippen molar-refractivity contribution in [1.82, 2.24) is 20.4 Å². The van der Waals surface area contributed by atoms with Crippen molar-refractivity contribution in [2.45, 2.75) is 57.7 Å². The SMILES string of the molecule is CN(C)Cc1nc(C(C)(C)NC(=O)C2CCCC(N)C2)no1.Cl.Cl. The van der Waals surface area contributed by atoms with Crippen molar-refractivity contribution in [3.8, 4) is 0 Å². The molecule has 1 amide bonds. The van der Waals surface area contributed by atoms with Crippen molar-refractivity contribution in [2.24, 2.45) is 11.7 Å². The number of hydrogen-bond donors (Lipinski definition) is 2. The number of carbonyl (C=O) groups is 1. The molecule has 1 aliphatic rings. The molecule has 0 aromatic carbocycles. The highest BCUT2D eigenvalue weighted by Crippen LogP contribution is 2.25. The fourth-order valence-corrected chi connectivity index (χ4v) is 2.78. The monoisotopic (exact) mass is 381 g/mol. The third-order valence-electron chi connectivity index (χ3n) is 4.00. The number of halogens is 2. The van der Waals surface area contributed by atoms with E-state index in [0.717, 1.165) is 25.7 Å². The Morgan fingerprint density at radius 1 is 1.38 bits per heavy atom. The first kappa shape index (κ1) is 23.1. The molecule has 7 nitrogen and oxygen atoms in total. The highest BCUT2D eigenvalue weighted by atomic mass is 35.5. The summed E-state index contributed by atoms with van der Waals surface area (Å²) in [4.78, 5) is 18.8. The quantitative estimate of drug-likeness (QED) is 0.807. The number of carbonyl (C=O) groups excluding carboxylic acids is 1. The van der Waals surface area contributed by atoms with Gasteiger partial charge >= 0.3 is 0 Å². The van der Waals surface area contributed by atoms with Crippen LogP contribution in [0.2, 0.25) is 0 Å². The van der Waals surface area contributed by atoms with Gasteiger partial charge in [-0.1, -0.05) is 11.6 Å². The topological polar surface area (TPSA) is 97.3 Å². The Morgan fingerprint density at radius 3 is 2.62 bits per heavy atom. The molecule has 1 saturated carbocycles. The number of aromatic nitrogens is 2. The summed E-state index contributed by atoms with van der Waals surface area (Å²) in [6.45, 7) is 4.35. The third-order valence-corrected chi connectivity index (χ3v) is 4.00. The van der Waals surface area contributed by atoms with Gasteiger partial charge in [-0.3, -0.25) is 4.79 Å². The van der Waals surface area contributed by atoms with E-state index in [-0.39, 0.29) is 42.7 Å². The van der Waals surface area contributed by atoms with Crippen LogP contribution in [0.4, 0.5) is 0 Å². The second kappa shape index (κ2) is 9.56. The molecule has 24 heavy (non-hydrogen) atoms. The fraction of sp³-hybridized carbons (Fsp3) is 0.800. The zero-order valence-electron chi connectivity index (χ0n) is 14.7. The molecule has 2 unspecified atom stereocenters. The van der Waals surface area contributed by atoms with Crippen LogP contribution in [0.15, 0.2) is 4.52 Å². The average molecular weight is 382 g/mol. The lowest BCUT2D eigenvalue weighted by molar-refractivity contribution is -0.128. The van der Waals surface area contributed by atoms with Crippen LogP contribution in [0, 0.1) is 5.92 Å². The van der Waals surface area contributed by atoms with Gasteiger partial charge in [-0.15, -0.1) is 24.8 Å². The van der Waals surface area contributed by atoms with Crippen LogP contribution >= 0.6 is 24.8 Å². The minimum Gasteiger partial charge on any atom is -0.344 e. The summed E-state index contributed by atoms with van der Waals surface area (Å²) in [5, 5.41) is 7.04. The maximum atomic E-state index is 12.5. The summed E-state index contributed by atoms with van der Waals surface area (Å²) in [6.07, 6.45) is 3.66. The number of hydrogen-bond acceptors (Lipinski definition) is 6. The molecule has 1 heterocycles. The highest BCUT2D eigenvalue weighted by Gasteiger charge is 2.33. The van der Waals surface area contributed by atoms with Gasteiger partial charge in [-0.2, -0.15) is 4.98 Å². The summed E-state index contributed by atoms with van der Waals surface area (Å²) in [7, 11) is 3.87. The van der Waals surface area contributed by atoms with Gasteiger partial charge in [-0.25, -0.2) is 0 Å². The predicted octanol–water partition coefficient (Wildman–Crippen LogP) is 1.84. The number of nitrogens with two attached hydrogens (primary N) is 1. The minimum absolute atomic E-state index is 0. The van der Waals surface area contributed by atoms with Gasteiger partial charge in [0.15, 0.2) is 5.82 Å². The molecule has 140 valence electrons. The van der Waals surface area contributed by atoms with Gasteiger partial charge in [0.05, 0.1) is 12.1 Å². The van der Waals surface area contributed by atoms with Gasteiger partial charge in [0.1, 0.15) is 0 Å². The Balaban J connectivity index is 0.00000264. The Labute approximate surface area is 155 Å². The van der Waals surface area contributed by atoms with Crippen molar-refractivity contribution < 1.29 is 9.32 Å². The molecule has 0 bridgehead atoms. The van der Waals surface area contributed by atoms with Crippen LogP contribution in [0.5, 0.6) is 0 Å². The number of nitrogens with zero attached hydrogens (tertiary/aromatic N) is 3. The first-order valence-electron chi connectivity index (χ1n) is 7.83. The first-order valence-corrected chi connectivity index (χ1v) is 7.83. The Hall–Kier alpha value is -0.890. The molecule has 0 aliphatic heterocycles. The molecule has 1 aromatic heterocycles. The van der Waals surface area contributed by atoms with Gasteiger partial charge in [0.25, 0.3) is 0 Å². The Bertz CT molecular complexity index is 522. The van der Waals surface area contributed by atoms with Gasteiger partial charge in [-0.05, 0) is 47.2 Å². The maximum Gasteiger partial charge on any atom is 0.240 e. The normalized spacial score (nSPS) is 20.9. The number of amides is 1. The maximum absolute atomic E-state index is 12.5. The molecule has 3 N–H and O–H groups in total. The summed E-state index contributed by atoms with van der Waals surface area (Å²) in [5.74, 6) is 1.05. The number of rotatable bonds is 5. The molecule has 2 rings (SSSR count). The van der Waals surface area contributed by atoms with Gasteiger partial charge in [0, 0.05) is 12.0 Å². The second-order valence-electron chi connectivity index (χ2n) is 6.99. The number of nitrogens with one attached hydrogen (secondary N) is 1. The van der Waals surface area contributed by atoms with Crippen LogP contribution in [0.3, 0.4) is 0 Å². The summed E-state index contributed by atoms with van der Waals surface area (Å²) in [6, 6.07) is 0.129. The summed E-state index contributed by atoms with van der Waals surface area (Å²) < 4.78 is 5.23. The van der Waals surface area contributed by atoms with E-state index in [0.29, 0.717) is 18.3 Å². The lowest BCUT2D eigenvalue weighted by Crippen LogP contribution is -2.46. The molecular weight excluding hydrogens is 353 g/mol. The minimum atomic E-state index is -0.660. The van der Waals surface area contributed by atoms with E-state index in [9.17, 15) is 4.79 Å². The van der Waals surface area contributed by atoms with Gasteiger partial charge < -0.3 is 20.5 Å². The van der Waals surface area contributed by atoms with Crippen LogP contribution in [-0.4, -0.2) is 41.1 Å². The molecule has 2 atom stereocenters. The fourth-order valence-electron chi connectivity index (χ4n) is 2.78. The van der Waals surface area contributed by atoms with Crippen molar-refractivity contribution in [2.75, 3.05) is 14.1 Å². The van der Waals surface area contributed by atoms with Crippen LogP contribution in [0.1, 0.15) is 51.2 Å². The molecule has 1 aromatic rings. The molecule has 0 saturated heterocycles. The van der Waals surface area contributed by atoms with E-state index in [2.05, 4.69) is 15.5 Å². The molecule has 0 radical (unpaired) electrons. The molecule has 0 spiro atoms. The predicted molar refractivity (Wildman–Crippen MR) is 97.3 cm³/mol. The average Bonchev–Trinajstić information content (AvgIpc) is 2.86. The van der Waals surface area contributed by atoms with Crippen LogP contribution in [0.25, 0.3) is 0 Å². The third kappa shape index (κ3) is 6.20. The van der Waals surface area contributed by atoms with Crippen molar-refractivity contribution >= 4 is 30.7 Å². The smallest absolute Gasteiger partial charge is 0.240 e. The lowest BCUT2D eigenvalue weighted by Gasteiger charge is -2.29. The highest BCUT2D eigenvalue weighted by molar-refractivity contribution is 5.85. The molecule has 9 heteroatoms. The van der Waals surface area contributed by atoms with E-state index >= 15 is 0 Å². The van der Waals surface area contributed by atoms with Crippen molar-refractivity contribution in [3.05, 3.63) is 11.7 Å². The van der Waals surface area contributed by atoms with E-state index in [1.807, 2.05) is 32.8 Å². The zero-order valence-corrected chi connectivity index (χ0v) is 16.4. The van der Waals surface area contributed by atoms with E-state index in [1.54, 1.807) is 0 Å². The van der Waals surface area contributed by atoms with E-state index in [1.165, 1.54) is 0 Å². The standard InChI is InChI=1S/C15H27N5O2.2ClH/c1-15(2,14-17-12(22-19-14)9-20(3)4)18-13(21)10-6-5-7-11(16)8-10;;/h10-11H,5-9,16H2,1-4H3,(H,18,21);2*1H. The van der Waals surface area contributed by atoms with E-state index in [4.69, 9.17) is 10.3 Å². The largest absolute Gasteiger partial charge is 0.344 e. The van der Waals surface area contributed by atoms with Crippen LogP contribution in [-0.2, 0) is 16.9 Å². The Kier molecular flexibility index (Phi) is 9.20. The van der Waals surface area contributed by atoms with Crippen molar-refractivity contribution in [3.63, 3.8) is 0 Å². The Morgan fingerprint density at radius 2 is 2.04 bits per heavy atom. The zero-order chi connectivity index (χ0) is 16.3. The summed E-state index contributed by atoms with van der Waals surface area (Å²) in [5.41, 5.74) is 5.30. The van der Waals surface area contributed by atoms with Gasteiger partial charge in [0.2, 0.25) is 11.8 Å². The first-order chi connectivity index (χ1) is 10.3. The summed E-state index contributed by atoms with van der Waals surface area (Å²) >= 11 is 0.